The molecule has 2 fully saturated rings. The number of nitrogens with zero attached hydrogens (tertiary/aromatic N) is 2. The van der Waals surface area contributed by atoms with Gasteiger partial charge in [-0.05, 0) is 57.2 Å². The fourth-order valence-corrected chi connectivity index (χ4v) is 2.91. The van der Waals surface area contributed by atoms with Crippen LogP contribution in [0, 0.1) is 12.8 Å². The molecule has 2 heterocycles. The maximum Gasteiger partial charge on any atom is 0.255 e. The zero-order chi connectivity index (χ0) is 13.9. The third-order valence-corrected chi connectivity index (χ3v) is 4.30. The van der Waals surface area contributed by atoms with E-state index in [4.69, 9.17) is 0 Å². The minimum absolute atomic E-state index is 0.149. The third-order valence-electron chi connectivity index (χ3n) is 4.30. The second-order valence-corrected chi connectivity index (χ2v) is 6.08. The van der Waals surface area contributed by atoms with Gasteiger partial charge in [0.2, 0.25) is 0 Å². The average Bonchev–Trinajstić information content (AvgIpc) is 3.11. The first kappa shape index (κ1) is 13.6. The van der Waals surface area contributed by atoms with Crippen molar-refractivity contribution >= 4 is 5.91 Å². The molecule has 3 rings (SSSR count). The lowest BCUT2D eigenvalue weighted by atomic mass is 10.1. The first-order chi connectivity index (χ1) is 9.74. The lowest BCUT2D eigenvalue weighted by Gasteiger charge is -2.26. The van der Waals surface area contributed by atoms with Crippen LogP contribution in [0.4, 0.5) is 0 Å². The lowest BCUT2D eigenvalue weighted by molar-refractivity contribution is 0.0732. The molecule has 2 aliphatic rings. The predicted octanol–water partition coefficient (Wildman–Crippen LogP) is 1.99. The highest BCUT2D eigenvalue weighted by molar-refractivity contribution is 5.95. The predicted molar refractivity (Wildman–Crippen MR) is 78.6 cm³/mol. The molecule has 20 heavy (non-hydrogen) atoms. The van der Waals surface area contributed by atoms with Crippen LogP contribution in [-0.4, -0.2) is 41.5 Å². The van der Waals surface area contributed by atoms with Crippen molar-refractivity contribution in [2.75, 3.05) is 19.6 Å². The molecule has 0 spiro atoms. The van der Waals surface area contributed by atoms with Gasteiger partial charge in [-0.1, -0.05) is 0 Å². The number of carbonyl (C=O) groups excluding carboxylic acids is 1. The van der Waals surface area contributed by atoms with Crippen molar-refractivity contribution in [1.29, 1.82) is 0 Å². The van der Waals surface area contributed by atoms with Crippen LogP contribution >= 0.6 is 0 Å². The molecule has 0 radical (unpaired) electrons. The Balaban J connectivity index is 1.73. The second kappa shape index (κ2) is 5.92. The van der Waals surface area contributed by atoms with Crippen LogP contribution in [0.5, 0.6) is 0 Å². The van der Waals surface area contributed by atoms with Crippen LogP contribution in [0.15, 0.2) is 18.3 Å². The monoisotopic (exact) mass is 273 g/mol. The maximum atomic E-state index is 12.8. The number of nitrogens with one attached hydrogen (secondary N) is 1. The molecule has 1 unspecified atom stereocenters. The molecular weight excluding hydrogens is 250 g/mol. The Morgan fingerprint density at radius 3 is 2.90 bits per heavy atom. The molecule has 0 bridgehead atoms. The Bertz CT molecular complexity index is 478. The molecule has 1 aromatic rings. The summed E-state index contributed by atoms with van der Waals surface area (Å²) in [6.07, 6.45) is 6.69. The van der Waals surface area contributed by atoms with E-state index in [9.17, 15) is 4.79 Å². The van der Waals surface area contributed by atoms with Crippen LogP contribution in [0.1, 0.15) is 41.7 Å². The van der Waals surface area contributed by atoms with Crippen molar-refractivity contribution in [3.05, 3.63) is 29.6 Å². The van der Waals surface area contributed by atoms with Crippen molar-refractivity contribution in [1.82, 2.24) is 15.2 Å². The number of pyridine rings is 1. The number of carbonyl (C=O) groups is 1. The van der Waals surface area contributed by atoms with Gasteiger partial charge in [0, 0.05) is 31.0 Å². The molecule has 4 heteroatoms. The van der Waals surface area contributed by atoms with Gasteiger partial charge in [0.25, 0.3) is 5.91 Å². The molecule has 1 N–H and O–H groups in total. The van der Waals surface area contributed by atoms with Gasteiger partial charge < -0.3 is 10.2 Å². The third kappa shape index (κ3) is 3.18. The summed E-state index contributed by atoms with van der Waals surface area (Å²) in [6.45, 7) is 4.74. The highest BCUT2D eigenvalue weighted by Crippen LogP contribution is 2.30. The van der Waals surface area contributed by atoms with E-state index < -0.39 is 0 Å². The molecular formula is C16H23N3O. The van der Waals surface area contributed by atoms with Gasteiger partial charge in [-0.2, -0.15) is 0 Å². The SMILES string of the molecule is Cc1ncccc1C(=O)N(CC1CC1)CC1CCCN1. The first-order valence-corrected chi connectivity index (χ1v) is 7.68. The van der Waals surface area contributed by atoms with Crippen molar-refractivity contribution in [3.8, 4) is 0 Å². The summed E-state index contributed by atoms with van der Waals surface area (Å²) >= 11 is 0. The van der Waals surface area contributed by atoms with E-state index in [-0.39, 0.29) is 5.91 Å². The van der Waals surface area contributed by atoms with Gasteiger partial charge in [0.15, 0.2) is 0 Å². The second-order valence-electron chi connectivity index (χ2n) is 6.08. The molecule has 4 nitrogen and oxygen atoms in total. The van der Waals surface area contributed by atoms with Gasteiger partial charge in [-0.25, -0.2) is 0 Å². The first-order valence-electron chi connectivity index (χ1n) is 7.68. The fraction of sp³-hybridized carbons (Fsp3) is 0.625. The van der Waals surface area contributed by atoms with Crippen LogP contribution in [0.2, 0.25) is 0 Å². The molecule has 1 saturated heterocycles. The maximum absolute atomic E-state index is 12.8. The lowest BCUT2D eigenvalue weighted by Crippen LogP contribution is -2.42. The summed E-state index contributed by atoms with van der Waals surface area (Å²) in [6, 6.07) is 4.21. The van der Waals surface area contributed by atoms with Crippen molar-refractivity contribution in [3.63, 3.8) is 0 Å². The highest BCUT2D eigenvalue weighted by atomic mass is 16.2. The number of aryl methyl sites for hydroxylation is 1. The number of hydrogen-bond donors (Lipinski definition) is 1. The summed E-state index contributed by atoms with van der Waals surface area (Å²) in [7, 11) is 0. The van der Waals surface area contributed by atoms with Crippen LogP contribution < -0.4 is 5.32 Å². The van der Waals surface area contributed by atoms with Crippen molar-refractivity contribution in [2.45, 2.75) is 38.6 Å². The van der Waals surface area contributed by atoms with Gasteiger partial charge in [0.1, 0.15) is 0 Å². The Morgan fingerprint density at radius 1 is 1.40 bits per heavy atom. The van der Waals surface area contributed by atoms with Crippen LogP contribution in [0.3, 0.4) is 0 Å². The topological polar surface area (TPSA) is 45.2 Å². The van der Waals surface area contributed by atoms with Gasteiger partial charge >= 0.3 is 0 Å². The standard InChI is InChI=1S/C16H23N3O/c1-12-15(5-3-8-17-12)16(20)19(10-13-6-7-13)11-14-4-2-9-18-14/h3,5,8,13-14,18H,2,4,6-7,9-11H2,1H3. The molecule has 1 saturated carbocycles. The molecule has 1 amide bonds. The quantitative estimate of drug-likeness (QED) is 0.892. The minimum atomic E-state index is 0.149. The van der Waals surface area contributed by atoms with Gasteiger partial charge in [-0.15, -0.1) is 0 Å². The normalized spacial score (nSPS) is 21.9. The summed E-state index contributed by atoms with van der Waals surface area (Å²) in [5.74, 6) is 0.869. The Kier molecular flexibility index (Phi) is 4.01. The number of rotatable bonds is 5. The summed E-state index contributed by atoms with van der Waals surface area (Å²) in [4.78, 5) is 19.1. The van der Waals surface area contributed by atoms with Gasteiger partial charge in [0.05, 0.1) is 5.56 Å². The number of aromatic nitrogens is 1. The summed E-state index contributed by atoms with van der Waals surface area (Å²) in [5, 5.41) is 3.49. The largest absolute Gasteiger partial charge is 0.337 e. The van der Waals surface area contributed by atoms with Crippen LogP contribution in [0.25, 0.3) is 0 Å². The van der Waals surface area contributed by atoms with E-state index in [1.165, 1.54) is 25.7 Å². The summed E-state index contributed by atoms with van der Waals surface area (Å²) < 4.78 is 0. The summed E-state index contributed by atoms with van der Waals surface area (Å²) in [5.41, 5.74) is 1.59. The molecule has 0 aromatic carbocycles. The molecule has 108 valence electrons. The molecule has 1 aliphatic carbocycles. The highest BCUT2D eigenvalue weighted by Gasteiger charge is 2.30. The van der Waals surface area contributed by atoms with E-state index in [0.29, 0.717) is 6.04 Å². The Morgan fingerprint density at radius 2 is 2.25 bits per heavy atom. The van der Waals surface area contributed by atoms with E-state index in [1.807, 2.05) is 24.0 Å². The smallest absolute Gasteiger partial charge is 0.255 e. The molecule has 1 aliphatic heterocycles. The average molecular weight is 273 g/mol. The Hall–Kier alpha value is -1.42. The zero-order valence-electron chi connectivity index (χ0n) is 12.1. The molecule has 1 atom stereocenters. The van der Waals surface area contributed by atoms with Crippen molar-refractivity contribution in [2.24, 2.45) is 5.92 Å². The Labute approximate surface area is 120 Å². The van der Waals surface area contributed by atoms with Crippen molar-refractivity contribution < 1.29 is 4.79 Å². The zero-order valence-corrected chi connectivity index (χ0v) is 12.1. The number of hydrogen-bond acceptors (Lipinski definition) is 3. The number of amides is 1. The van der Waals surface area contributed by atoms with E-state index >= 15 is 0 Å². The van der Waals surface area contributed by atoms with E-state index in [2.05, 4.69) is 10.3 Å². The molecule has 1 aromatic heterocycles. The van der Waals surface area contributed by atoms with E-state index in [0.717, 1.165) is 36.8 Å². The minimum Gasteiger partial charge on any atom is -0.337 e. The fourth-order valence-electron chi connectivity index (χ4n) is 2.91. The van der Waals surface area contributed by atoms with Crippen LogP contribution in [-0.2, 0) is 0 Å². The van der Waals surface area contributed by atoms with E-state index in [1.54, 1.807) is 6.20 Å². The van der Waals surface area contributed by atoms with Gasteiger partial charge in [-0.3, -0.25) is 9.78 Å².